The Morgan fingerprint density at radius 1 is 1.19 bits per heavy atom. The third-order valence-electron chi connectivity index (χ3n) is 3.41. The molecule has 2 rings (SSSR count). The molecule has 0 aliphatic rings. The van der Waals surface area contributed by atoms with Crippen LogP contribution in [-0.4, -0.2) is 10.0 Å². The predicted molar refractivity (Wildman–Crippen MR) is 79.7 cm³/mol. The van der Waals surface area contributed by atoms with Crippen molar-refractivity contribution in [2.45, 2.75) is 27.4 Å². The van der Waals surface area contributed by atoms with Gasteiger partial charge in [0.25, 0.3) is 5.69 Å². The lowest BCUT2D eigenvalue weighted by atomic mass is 10.1. The van der Waals surface area contributed by atoms with Crippen LogP contribution in [0.15, 0.2) is 30.3 Å². The molecule has 0 spiro atoms. The van der Waals surface area contributed by atoms with Crippen molar-refractivity contribution in [1.29, 1.82) is 0 Å². The number of nitrogens with zero attached hydrogens (tertiary/aromatic N) is 1. The molecule has 0 aliphatic carbocycles. The van der Waals surface area contributed by atoms with Gasteiger partial charge in [0.1, 0.15) is 11.5 Å². The second-order valence-corrected chi connectivity index (χ2v) is 5.01. The maximum Gasteiger partial charge on any atom is 0.275 e. The first kappa shape index (κ1) is 15.0. The molecule has 0 amide bonds. The Morgan fingerprint density at radius 2 is 1.90 bits per heavy atom. The Labute approximate surface area is 123 Å². The van der Waals surface area contributed by atoms with Crippen LogP contribution in [0.2, 0.25) is 0 Å². The Balaban J connectivity index is 2.39. The van der Waals surface area contributed by atoms with Crippen molar-refractivity contribution in [3.8, 4) is 11.5 Å². The molecule has 0 heterocycles. The average Bonchev–Trinajstić information content (AvgIpc) is 2.43. The monoisotopic (exact) mass is 287 g/mol. The first-order valence-corrected chi connectivity index (χ1v) is 6.56. The molecule has 2 aromatic rings. The normalized spacial score (nSPS) is 10.5. The molecule has 1 N–H and O–H groups in total. The fraction of sp³-hybridized carbons (Fsp3) is 0.250. The van der Waals surface area contributed by atoms with E-state index in [1.165, 1.54) is 18.2 Å². The highest BCUT2D eigenvalue weighted by Gasteiger charge is 2.14. The highest BCUT2D eigenvalue weighted by molar-refractivity contribution is 5.48. The number of benzene rings is 2. The molecule has 5 heteroatoms. The second kappa shape index (κ2) is 5.93. The lowest BCUT2D eigenvalue weighted by Gasteiger charge is -2.12. The highest BCUT2D eigenvalue weighted by Crippen LogP contribution is 2.31. The van der Waals surface area contributed by atoms with E-state index in [0.29, 0.717) is 11.5 Å². The Bertz CT molecular complexity index is 695. The SMILES string of the molecule is Cc1cc(C)c(C)c(Oc2ccc([N+](=O)[O-])c(CO)c2)c1. The molecule has 110 valence electrons. The molecule has 2 aromatic carbocycles. The maximum atomic E-state index is 10.8. The van der Waals surface area contributed by atoms with Gasteiger partial charge in [0, 0.05) is 6.07 Å². The van der Waals surface area contributed by atoms with Crippen molar-refractivity contribution in [3.05, 3.63) is 62.7 Å². The van der Waals surface area contributed by atoms with E-state index in [-0.39, 0.29) is 11.3 Å². The van der Waals surface area contributed by atoms with E-state index in [9.17, 15) is 15.2 Å². The first-order chi connectivity index (χ1) is 9.92. The minimum Gasteiger partial charge on any atom is -0.457 e. The van der Waals surface area contributed by atoms with Crippen LogP contribution in [0.1, 0.15) is 22.3 Å². The zero-order valence-electron chi connectivity index (χ0n) is 12.2. The van der Waals surface area contributed by atoms with Gasteiger partial charge in [0.05, 0.1) is 17.1 Å². The summed E-state index contributed by atoms with van der Waals surface area (Å²) in [5.41, 5.74) is 3.35. The largest absolute Gasteiger partial charge is 0.457 e. The van der Waals surface area contributed by atoms with Crippen LogP contribution in [0.3, 0.4) is 0 Å². The van der Waals surface area contributed by atoms with Gasteiger partial charge in [-0.1, -0.05) is 6.07 Å². The predicted octanol–water partition coefficient (Wildman–Crippen LogP) is 3.80. The van der Waals surface area contributed by atoms with Crippen LogP contribution in [0.25, 0.3) is 0 Å². The maximum absolute atomic E-state index is 10.8. The highest BCUT2D eigenvalue weighted by atomic mass is 16.6. The molecule has 21 heavy (non-hydrogen) atoms. The quantitative estimate of drug-likeness (QED) is 0.685. The van der Waals surface area contributed by atoms with Crippen LogP contribution >= 0.6 is 0 Å². The minimum absolute atomic E-state index is 0.109. The van der Waals surface area contributed by atoms with E-state index in [1.54, 1.807) is 0 Å². The summed E-state index contributed by atoms with van der Waals surface area (Å²) in [6.45, 7) is 5.54. The zero-order valence-corrected chi connectivity index (χ0v) is 12.2. The van der Waals surface area contributed by atoms with Gasteiger partial charge in [-0.25, -0.2) is 0 Å². The lowest BCUT2D eigenvalue weighted by Crippen LogP contribution is -1.97. The van der Waals surface area contributed by atoms with Crippen LogP contribution in [0.5, 0.6) is 11.5 Å². The molecule has 0 fully saturated rings. The van der Waals surface area contributed by atoms with E-state index >= 15 is 0 Å². The van der Waals surface area contributed by atoms with Crippen molar-refractivity contribution in [2.24, 2.45) is 0 Å². The molecule has 0 saturated heterocycles. The molecule has 0 aliphatic heterocycles. The molecule has 5 nitrogen and oxygen atoms in total. The van der Waals surface area contributed by atoms with E-state index < -0.39 is 11.5 Å². The Hall–Kier alpha value is -2.40. The zero-order chi connectivity index (χ0) is 15.6. The fourth-order valence-corrected chi connectivity index (χ4v) is 2.16. The Morgan fingerprint density at radius 3 is 2.52 bits per heavy atom. The van der Waals surface area contributed by atoms with Gasteiger partial charge in [0.2, 0.25) is 0 Å². The third-order valence-corrected chi connectivity index (χ3v) is 3.41. The van der Waals surface area contributed by atoms with Gasteiger partial charge >= 0.3 is 0 Å². The smallest absolute Gasteiger partial charge is 0.275 e. The number of aryl methyl sites for hydroxylation is 2. The van der Waals surface area contributed by atoms with E-state index in [4.69, 9.17) is 4.74 Å². The average molecular weight is 287 g/mol. The van der Waals surface area contributed by atoms with Crippen molar-refractivity contribution in [2.75, 3.05) is 0 Å². The van der Waals surface area contributed by atoms with Crippen molar-refractivity contribution >= 4 is 5.69 Å². The summed E-state index contributed by atoms with van der Waals surface area (Å²) in [6, 6.07) is 8.36. The van der Waals surface area contributed by atoms with Crippen LogP contribution in [0, 0.1) is 30.9 Å². The number of nitro benzene ring substituents is 1. The topological polar surface area (TPSA) is 72.6 Å². The van der Waals surface area contributed by atoms with Gasteiger partial charge in [-0.2, -0.15) is 0 Å². The summed E-state index contributed by atoms with van der Waals surface area (Å²) in [5.74, 6) is 1.18. The van der Waals surface area contributed by atoms with Crippen molar-refractivity contribution in [3.63, 3.8) is 0 Å². The summed E-state index contributed by atoms with van der Waals surface area (Å²) >= 11 is 0. The summed E-state index contributed by atoms with van der Waals surface area (Å²) in [5, 5.41) is 20.1. The van der Waals surface area contributed by atoms with Gasteiger partial charge in [0.15, 0.2) is 0 Å². The Kier molecular flexibility index (Phi) is 4.23. The minimum atomic E-state index is -0.516. The molecular formula is C16H17NO4. The number of aliphatic hydroxyl groups is 1. The van der Waals surface area contributed by atoms with E-state index in [0.717, 1.165) is 16.7 Å². The van der Waals surface area contributed by atoms with Crippen molar-refractivity contribution in [1.82, 2.24) is 0 Å². The number of aliphatic hydroxyl groups excluding tert-OH is 1. The molecule has 0 saturated carbocycles. The molecule has 0 unspecified atom stereocenters. The van der Waals surface area contributed by atoms with Crippen LogP contribution in [-0.2, 0) is 6.61 Å². The molecule has 0 aromatic heterocycles. The summed E-state index contributed by atoms with van der Waals surface area (Å²) in [7, 11) is 0. The van der Waals surface area contributed by atoms with Gasteiger partial charge < -0.3 is 9.84 Å². The van der Waals surface area contributed by atoms with Gasteiger partial charge in [-0.3, -0.25) is 10.1 Å². The standard InChI is InChI=1S/C16H17NO4/c1-10-6-11(2)12(3)16(7-10)21-14-4-5-15(17(19)20)13(8-14)9-18/h4-8,18H,9H2,1-3H3. The number of rotatable bonds is 4. The molecule has 0 atom stereocenters. The third kappa shape index (κ3) is 3.20. The summed E-state index contributed by atoms with van der Waals surface area (Å²) < 4.78 is 5.81. The number of nitro groups is 1. The van der Waals surface area contributed by atoms with E-state index in [2.05, 4.69) is 6.07 Å². The number of hydrogen-bond donors (Lipinski definition) is 1. The molecule has 0 radical (unpaired) electrons. The summed E-state index contributed by atoms with van der Waals surface area (Å²) in [6.07, 6.45) is 0. The molecular weight excluding hydrogens is 270 g/mol. The van der Waals surface area contributed by atoms with Gasteiger partial charge in [-0.05, 0) is 55.7 Å². The van der Waals surface area contributed by atoms with Crippen LogP contribution in [0.4, 0.5) is 5.69 Å². The molecule has 0 bridgehead atoms. The first-order valence-electron chi connectivity index (χ1n) is 6.56. The van der Waals surface area contributed by atoms with Crippen LogP contribution < -0.4 is 4.74 Å². The number of hydrogen-bond acceptors (Lipinski definition) is 4. The second-order valence-electron chi connectivity index (χ2n) is 5.01. The fourth-order valence-electron chi connectivity index (χ4n) is 2.16. The summed E-state index contributed by atoms with van der Waals surface area (Å²) in [4.78, 5) is 10.3. The van der Waals surface area contributed by atoms with E-state index in [1.807, 2.05) is 26.8 Å². The van der Waals surface area contributed by atoms with Crippen molar-refractivity contribution < 1.29 is 14.8 Å². The van der Waals surface area contributed by atoms with Gasteiger partial charge in [-0.15, -0.1) is 0 Å². The number of ether oxygens (including phenoxy) is 1. The lowest BCUT2D eigenvalue weighted by molar-refractivity contribution is -0.385.